The fraction of sp³-hybridized carbons (Fsp3) is 0.227. The summed E-state index contributed by atoms with van der Waals surface area (Å²) in [5.74, 6) is -0.325. The third-order valence-electron chi connectivity index (χ3n) is 4.38. The van der Waals surface area contributed by atoms with Crippen LogP contribution in [0.15, 0.2) is 48.7 Å². The fourth-order valence-electron chi connectivity index (χ4n) is 3.01. The van der Waals surface area contributed by atoms with Gasteiger partial charge in [0.2, 0.25) is 0 Å². The maximum atomic E-state index is 13.4. The normalized spacial score (nSPS) is 11.2. The number of rotatable bonds is 5. The van der Waals surface area contributed by atoms with Crippen molar-refractivity contribution in [1.82, 2.24) is 9.78 Å². The van der Waals surface area contributed by atoms with Crippen molar-refractivity contribution in [2.45, 2.75) is 26.3 Å². The van der Waals surface area contributed by atoms with Crippen LogP contribution in [0.4, 0.5) is 10.1 Å². The van der Waals surface area contributed by atoms with Crippen LogP contribution in [-0.4, -0.2) is 29.1 Å². The Bertz CT molecular complexity index is 1050. The van der Waals surface area contributed by atoms with Crippen molar-refractivity contribution >= 4 is 17.9 Å². The molecule has 0 aliphatic heterocycles. The molecule has 0 fully saturated rings. The van der Waals surface area contributed by atoms with Crippen LogP contribution >= 0.6 is 0 Å². The minimum absolute atomic E-state index is 0.328. The molecule has 29 heavy (non-hydrogen) atoms. The lowest BCUT2D eigenvalue weighted by Gasteiger charge is -2.23. The summed E-state index contributed by atoms with van der Waals surface area (Å²) in [5.41, 5.74) is 1.98. The Morgan fingerprint density at radius 3 is 2.45 bits per heavy atom. The monoisotopic (exact) mass is 395 g/mol. The molecule has 0 unspecified atom stereocenters. The summed E-state index contributed by atoms with van der Waals surface area (Å²) in [5, 5.41) is 7.19. The number of halogens is 1. The number of ether oxygens (including phenoxy) is 1. The number of methoxy groups -OCH3 is 1. The van der Waals surface area contributed by atoms with Gasteiger partial charge in [-0.25, -0.2) is 4.39 Å². The van der Waals surface area contributed by atoms with E-state index in [1.807, 2.05) is 20.8 Å². The number of nitrogens with zero attached hydrogens (tertiary/aromatic N) is 2. The van der Waals surface area contributed by atoms with Crippen molar-refractivity contribution in [2.24, 2.45) is 0 Å². The summed E-state index contributed by atoms with van der Waals surface area (Å²) in [6.07, 6.45) is 2.15. The minimum atomic E-state index is -0.396. The van der Waals surface area contributed by atoms with Gasteiger partial charge in [0.25, 0.3) is 5.91 Å². The lowest BCUT2D eigenvalue weighted by Crippen LogP contribution is -2.24. The minimum Gasteiger partial charge on any atom is -0.496 e. The van der Waals surface area contributed by atoms with E-state index in [2.05, 4.69) is 10.4 Å². The number of carbonyl (C=O) groups is 2. The number of hydrogen-bond acceptors (Lipinski definition) is 4. The first kappa shape index (κ1) is 20.3. The zero-order chi connectivity index (χ0) is 21.2. The number of amides is 1. The molecule has 0 radical (unpaired) electrons. The molecule has 3 rings (SSSR count). The van der Waals surface area contributed by atoms with E-state index >= 15 is 0 Å². The number of hydrogen-bond donors (Lipinski definition) is 1. The Morgan fingerprint density at radius 2 is 1.86 bits per heavy atom. The highest BCUT2D eigenvalue weighted by Crippen LogP contribution is 2.30. The molecular weight excluding hydrogens is 373 g/mol. The third-order valence-corrected chi connectivity index (χ3v) is 4.38. The van der Waals surface area contributed by atoms with Gasteiger partial charge in [0.15, 0.2) is 6.29 Å². The highest BCUT2D eigenvalue weighted by atomic mass is 19.1. The van der Waals surface area contributed by atoms with Gasteiger partial charge in [-0.05, 0) is 63.2 Å². The summed E-state index contributed by atoms with van der Waals surface area (Å²) in [7, 11) is 1.47. The van der Waals surface area contributed by atoms with Crippen molar-refractivity contribution < 1.29 is 18.7 Å². The van der Waals surface area contributed by atoms with E-state index in [1.54, 1.807) is 28.9 Å². The Balaban J connectivity index is 2.02. The average molecular weight is 395 g/mol. The first-order valence-corrected chi connectivity index (χ1v) is 9.03. The van der Waals surface area contributed by atoms with Crippen molar-refractivity contribution in [3.05, 3.63) is 65.6 Å². The number of aldehydes is 1. The molecule has 0 aliphatic rings. The fourth-order valence-corrected chi connectivity index (χ4v) is 3.01. The highest BCUT2D eigenvalue weighted by Gasteiger charge is 2.25. The molecule has 7 heteroatoms. The Kier molecular flexibility index (Phi) is 5.50. The van der Waals surface area contributed by atoms with Crippen molar-refractivity contribution in [3.63, 3.8) is 0 Å². The van der Waals surface area contributed by atoms with Crippen molar-refractivity contribution in [2.75, 3.05) is 12.4 Å². The molecule has 6 nitrogen and oxygen atoms in total. The van der Waals surface area contributed by atoms with E-state index in [-0.39, 0.29) is 11.7 Å². The van der Waals surface area contributed by atoms with Gasteiger partial charge in [0.05, 0.1) is 35.7 Å². The number of carbonyl (C=O) groups excluding carboxylic acids is 2. The van der Waals surface area contributed by atoms with E-state index in [1.165, 1.54) is 31.5 Å². The van der Waals surface area contributed by atoms with Gasteiger partial charge in [-0.1, -0.05) is 0 Å². The van der Waals surface area contributed by atoms with Crippen LogP contribution < -0.4 is 10.1 Å². The first-order valence-electron chi connectivity index (χ1n) is 9.03. The first-order chi connectivity index (χ1) is 13.7. The molecule has 150 valence electrons. The van der Waals surface area contributed by atoms with Crippen LogP contribution in [0.25, 0.3) is 11.3 Å². The quantitative estimate of drug-likeness (QED) is 0.645. The molecule has 1 amide bonds. The molecule has 0 saturated heterocycles. The highest BCUT2D eigenvalue weighted by molar-refractivity contribution is 6.08. The van der Waals surface area contributed by atoms with Gasteiger partial charge >= 0.3 is 0 Å². The molecule has 0 bridgehead atoms. The molecule has 1 heterocycles. The van der Waals surface area contributed by atoms with Crippen LogP contribution in [0.5, 0.6) is 5.75 Å². The SMILES string of the molecule is COc1ccc(NC(=O)c2cnn(C(C)(C)C)c2-c2ccc(F)cc2)cc1C=O. The van der Waals surface area contributed by atoms with Gasteiger partial charge in [-0.3, -0.25) is 14.3 Å². The molecule has 0 aliphatic carbocycles. The Hall–Kier alpha value is -3.48. The Labute approximate surface area is 168 Å². The van der Waals surface area contributed by atoms with Crippen LogP contribution in [0.2, 0.25) is 0 Å². The summed E-state index contributed by atoms with van der Waals surface area (Å²) in [6.45, 7) is 5.90. The lowest BCUT2D eigenvalue weighted by molar-refractivity contribution is 0.102. The number of nitrogens with one attached hydrogen (secondary N) is 1. The van der Waals surface area contributed by atoms with E-state index in [9.17, 15) is 14.0 Å². The molecule has 1 N–H and O–H groups in total. The lowest BCUT2D eigenvalue weighted by atomic mass is 10.0. The second-order valence-electron chi connectivity index (χ2n) is 7.53. The molecule has 0 spiro atoms. The van der Waals surface area contributed by atoms with Gasteiger partial charge in [-0.2, -0.15) is 5.10 Å². The average Bonchev–Trinajstić information content (AvgIpc) is 3.14. The largest absolute Gasteiger partial charge is 0.496 e. The maximum absolute atomic E-state index is 13.4. The van der Waals surface area contributed by atoms with Crippen molar-refractivity contribution in [1.29, 1.82) is 0 Å². The Morgan fingerprint density at radius 1 is 1.17 bits per heavy atom. The van der Waals surface area contributed by atoms with E-state index in [0.29, 0.717) is 40.1 Å². The topological polar surface area (TPSA) is 73.2 Å². The van der Waals surface area contributed by atoms with Crippen LogP contribution in [-0.2, 0) is 5.54 Å². The predicted molar refractivity (Wildman–Crippen MR) is 109 cm³/mol. The molecule has 0 saturated carbocycles. The molecule has 1 aromatic heterocycles. The third kappa shape index (κ3) is 4.18. The summed E-state index contributed by atoms with van der Waals surface area (Å²) in [6, 6.07) is 10.7. The van der Waals surface area contributed by atoms with Crippen LogP contribution in [0.1, 0.15) is 41.5 Å². The zero-order valence-electron chi connectivity index (χ0n) is 16.7. The maximum Gasteiger partial charge on any atom is 0.259 e. The van der Waals surface area contributed by atoms with Crippen LogP contribution in [0, 0.1) is 5.82 Å². The molecule has 3 aromatic rings. The molecule has 0 atom stereocenters. The number of aromatic nitrogens is 2. The second kappa shape index (κ2) is 7.87. The number of anilines is 1. The summed E-state index contributed by atoms with van der Waals surface area (Å²) in [4.78, 5) is 24.2. The molecular formula is C22H22FN3O3. The predicted octanol–water partition coefficient (Wildman–Crippen LogP) is 4.52. The van der Waals surface area contributed by atoms with Crippen molar-refractivity contribution in [3.8, 4) is 17.0 Å². The smallest absolute Gasteiger partial charge is 0.259 e. The second-order valence-corrected chi connectivity index (χ2v) is 7.53. The zero-order valence-corrected chi connectivity index (χ0v) is 16.7. The van der Waals surface area contributed by atoms with Gasteiger partial charge in [0.1, 0.15) is 11.6 Å². The van der Waals surface area contributed by atoms with E-state index in [4.69, 9.17) is 4.74 Å². The molecule has 2 aromatic carbocycles. The summed E-state index contributed by atoms with van der Waals surface area (Å²) < 4.78 is 20.3. The van der Waals surface area contributed by atoms with Gasteiger partial charge in [-0.15, -0.1) is 0 Å². The number of benzene rings is 2. The standard InChI is InChI=1S/C22H22FN3O3/c1-22(2,3)26-20(14-5-7-16(23)8-6-14)18(12-24-26)21(28)25-17-9-10-19(29-4)15(11-17)13-27/h5-13H,1-4H3,(H,25,28). The van der Waals surface area contributed by atoms with Gasteiger partial charge in [0, 0.05) is 11.3 Å². The van der Waals surface area contributed by atoms with E-state index < -0.39 is 5.54 Å². The summed E-state index contributed by atoms with van der Waals surface area (Å²) >= 11 is 0. The van der Waals surface area contributed by atoms with E-state index in [0.717, 1.165) is 0 Å². The van der Waals surface area contributed by atoms with Crippen LogP contribution in [0.3, 0.4) is 0 Å². The van der Waals surface area contributed by atoms with Gasteiger partial charge < -0.3 is 10.1 Å².